The van der Waals surface area contributed by atoms with Crippen LogP contribution in [-0.2, 0) is 11.3 Å². The van der Waals surface area contributed by atoms with Crippen molar-refractivity contribution in [1.29, 1.82) is 0 Å². The zero-order valence-electron chi connectivity index (χ0n) is 18.6. The van der Waals surface area contributed by atoms with Crippen molar-refractivity contribution in [1.82, 2.24) is 20.4 Å². The minimum atomic E-state index is -0.557. The molecule has 1 aromatic heterocycles. The summed E-state index contributed by atoms with van der Waals surface area (Å²) < 4.78 is 5.38. The topological polar surface area (TPSA) is 116 Å². The van der Waals surface area contributed by atoms with E-state index >= 15 is 0 Å². The first-order valence-electron chi connectivity index (χ1n) is 11.0. The van der Waals surface area contributed by atoms with E-state index in [-0.39, 0.29) is 45.7 Å². The fraction of sp³-hybridized carbons (Fsp3) is 0.250. The van der Waals surface area contributed by atoms with Crippen molar-refractivity contribution in [3.8, 4) is 0 Å². The van der Waals surface area contributed by atoms with Gasteiger partial charge in [-0.05, 0) is 30.5 Å². The summed E-state index contributed by atoms with van der Waals surface area (Å²) in [4.78, 5) is 39.5. The number of anilines is 1. The van der Waals surface area contributed by atoms with Gasteiger partial charge in [-0.15, -0.1) is 0 Å². The zero-order valence-corrected chi connectivity index (χ0v) is 20.1. The molecule has 1 aliphatic rings. The normalized spacial score (nSPS) is 13.8. The number of carbonyl (C=O) groups is 3. The van der Waals surface area contributed by atoms with Crippen LogP contribution in [0.5, 0.6) is 0 Å². The van der Waals surface area contributed by atoms with E-state index in [1.165, 1.54) is 6.20 Å². The van der Waals surface area contributed by atoms with E-state index in [2.05, 4.69) is 20.8 Å². The third-order valence-corrected chi connectivity index (χ3v) is 6.23. The number of nitrogens with one attached hydrogen (secondary N) is 3. The van der Waals surface area contributed by atoms with Gasteiger partial charge in [0.15, 0.2) is 0 Å². The Morgan fingerprint density at radius 3 is 2.37 bits per heavy atom. The van der Waals surface area contributed by atoms with E-state index in [0.717, 1.165) is 5.56 Å². The average Bonchev–Trinajstić information content (AvgIpc) is 3.32. The summed E-state index contributed by atoms with van der Waals surface area (Å²) in [5, 5.41) is 12.4. The third-order valence-electron chi connectivity index (χ3n) is 5.60. The number of ether oxygens (including phenoxy) is 1. The number of aromatic nitrogens is 2. The molecule has 0 radical (unpaired) electrons. The number of piperidine rings is 1. The molecule has 3 aromatic rings. The molecule has 11 heteroatoms. The van der Waals surface area contributed by atoms with Crippen LogP contribution in [0.25, 0.3) is 0 Å². The summed E-state index contributed by atoms with van der Waals surface area (Å²) in [5.41, 5.74) is 1.33. The Bertz CT molecular complexity index is 1190. The predicted molar refractivity (Wildman–Crippen MR) is 132 cm³/mol. The van der Waals surface area contributed by atoms with Crippen molar-refractivity contribution < 1.29 is 19.1 Å². The van der Waals surface area contributed by atoms with Gasteiger partial charge in [0.05, 0.1) is 27.5 Å². The average molecular weight is 516 g/mol. The maximum Gasteiger partial charge on any atom is 0.410 e. The number of hydrogen-bond acceptors (Lipinski definition) is 5. The van der Waals surface area contributed by atoms with Crippen LogP contribution in [0.4, 0.5) is 10.5 Å². The van der Waals surface area contributed by atoms with Gasteiger partial charge in [-0.25, -0.2) is 4.79 Å². The molecule has 182 valence electrons. The van der Waals surface area contributed by atoms with Crippen LogP contribution in [0.3, 0.4) is 0 Å². The SMILES string of the molecule is O=C(NC1CCN(C(=O)OCc2ccccc2)CC1)c1[nH]ncc1NC(=O)c1c(Cl)cccc1Cl. The van der Waals surface area contributed by atoms with Crippen LogP contribution < -0.4 is 10.6 Å². The predicted octanol–water partition coefficient (Wildman–Crippen LogP) is 4.50. The van der Waals surface area contributed by atoms with Gasteiger partial charge in [0.25, 0.3) is 11.8 Å². The fourth-order valence-electron chi connectivity index (χ4n) is 3.73. The lowest BCUT2D eigenvalue weighted by Gasteiger charge is -2.31. The monoisotopic (exact) mass is 515 g/mol. The number of rotatable bonds is 6. The number of hydrogen-bond donors (Lipinski definition) is 3. The van der Waals surface area contributed by atoms with Crippen molar-refractivity contribution in [2.24, 2.45) is 0 Å². The van der Waals surface area contributed by atoms with E-state index in [0.29, 0.717) is 25.9 Å². The molecule has 2 heterocycles. The number of carbonyl (C=O) groups excluding carboxylic acids is 3. The highest BCUT2D eigenvalue weighted by Gasteiger charge is 2.27. The van der Waals surface area contributed by atoms with Gasteiger partial charge in [0.1, 0.15) is 12.3 Å². The largest absolute Gasteiger partial charge is 0.445 e. The van der Waals surface area contributed by atoms with Crippen LogP contribution >= 0.6 is 23.2 Å². The molecule has 0 atom stereocenters. The molecular formula is C24H23Cl2N5O4. The van der Waals surface area contributed by atoms with Gasteiger partial charge in [-0.1, -0.05) is 59.6 Å². The lowest BCUT2D eigenvalue weighted by Crippen LogP contribution is -2.46. The first-order chi connectivity index (χ1) is 16.9. The Kier molecular flexibility index (Phi) is 7.89. The van der Waals surface area contributed by atoms with Gasteiger partial charge in [-0.2, -0.15) is 5.10 Å². The van der Waals surface area contributed by atoms with Crippen molar-refractivity contribution in [3.63, 3.8) is 0 Å². The number of H-pyrrole nitrogens is 1. The van der Waals surface area contributed by atoms with E-state index in [9.17, 15) is 14.4 Å². The summed E-state index contributed by atoms with van der Waals surface area (Å²) in [5.74, 6) is -0.980. The number of benzene rings is 2. The van der Waals surface area contributed by atoms with E-state index < -0.39 is 11.8 Å². The van der Waals surface area contributed by atoms with Crippen molar-refractivity contribution in [2.45, 2.75) is 25.5 Å². The third kappa shape index (κ3) is 6.12. The van der Waals surface area contributed by atoms with Crippen LogP contribution in [-0.4, -0.2) is 52.1 Å². The summed E-state index contributed by atoms with van der Waals surface area (Å²) in [7, 11) is 0. The quantitative estimate of drug-likeness (QED) is 0.446. The molecule has 35 heavy (non-hydrogen) atoms. The molecule has 0 unspecified atom stereocenters. The Morgan fingerprint density at radius 1 is 1.00 bits per heavy atom. The zero-order chi connectivity index (χ0) is 24.8. The van der Waals surface area contributed by atoms with Gasteiger partial charge < -0.3 is 20.3 Å². The standard InChI is InChI=1S/C24H23Cl2N5O4/c25-17-7-4-8-18(26)20(17)22(32)29-19-13-27-30-21(19)23(33)28-16-9-11-31(12-10-16)24(34)35-14-15-5-2-1-3-6-15/h1-8,13,16H,9-12,14H2,(H,27,30)(H,28,33)(H,29,32). The van der Waals surface area contributed by atoms with Gasteiger partial charge in [0, 0.05) is 19.1 Å². The summed E-state index contributed by atoms with van der Waals surface area (Å²) in [6.45, 7) is 1.12. The second-order valence-electron chi connectivity index (χ2n) is 7.98. The van der Waals surface area contributed by atoms with Crippen molar-refractivity contribution in [2.75, 3.05) is 18.4 Å². The molecule has 0 bridgehead atoms. The lowest BCUT2D eigenvalue weighted by molar-refractivity contribution is 0.0807. The Labute approximate surface area is 211 Å². The van der Waals surface area contributed by atoms with Crippen molar-refractivity contribution >= 4 is 46.8 Å². The highest BCUT2D eigenvalue weighted by Crippen LogP contribution is 2.26. The second-order valence-corrected chi connectivity index (χ2v) is 8.80. The molecule has 0 saturated carbocycles. The molecule has 0 spiro atoms. The summed E-state index contributed by atoms with van der Waals surface area (Å²) in [6.07, 6.45) is 2.09. The second kappa shape index (κ2) is 11.2. The molecule has 3 amide bonds. The smallest absolute Gasteiger partial charge is 0.410 e. The first kappa shape index (κ1) is 24.6. The van der Waals surface area contributed by atoms with E-state index in [4.69, 9.17) is 27.9 Å². The van der Waals surface area contributed by atoms with Crippen molar-refractivity contribution in [3.05, 3.63) is 81.6 Å². The Hall–Kier alpha value is -3.56. The van der Waals surface area contributed by atoms with Crippen LogP contribution in [0.15, 0.2) is 54.7 Å². The summed E-state index contributed by atoms with van der Waals surface area (Å²) >= 11 is 12.2. The van der Waals surface area contributed by atoms with Crippen LogP contribution in [0, 0.1) is 0 Å². The molecule has 1 fully saturated rings. The number of halogens is 2. The maximum absolute atomic E-state index is 12.8. The molecule has 4 rings (SSSR count). The number of likely N-dealkylation sites (tertiary alicyclic amines) is 1. The number of nitrogens with zero attached hydrogens (tertiary/aromatic N) is 2. The lowest BCUT2D eigenvalue weighted by atomic mass is 10.1. The molecule has 2 aromatic carbocycles. The minimum Gasteiger partial charge on any atom is -0.445 e. The number of aromatic amines is 1. The van der Waals surface area contributed by atoms with Gasteiger partial charge in [0.2, 0.25) is 0 Å². The van der Waals surface area contributed by atoms with Crippen LogP contribution in [0.2, 0.25) is 10.0 Å². The molecular weight excluding hydrogens is 493 g/mol. The molecule has 1 saturated heterocycles. The van der Waals surface area contributed by atoms with Gasteiger partial charge >= 0.3 is 6.09 Å². The van der Waals surface area contributed by atoms with Crippen LogP contribution in [0.1, 0.15) is 39.3 Å². The van der Waals surface area contributed by atoms with E-state index in [1.807, 2.05) is 30.3 Å². The minimum absolute atomic E-state index is 0.103. The van der Waals surface area contributed by atoms with E-state index in [1.54, 1.807) is 23.1 Å². The molecule has 0 aliphatic carbocycles. The highest BCUT2D eigenvalue weighted by molar-refractivity contribution is 6.40. The fourth-order valence-corrected chi connectivity index (χ4v) is 4.30. The van der Waals surface area contributed by atoms with Gasteiger partial charge in [-0.3, -0.25) is 14.7 Å². The first-order valence-corrected chi connectivity index (χ1v) is 11.7. The Balaban J connectivity index is 1.28. The number of amides is 3. The molecule has 9 nitrogen and oxygen atoms in total. The molecule has 1 aliphatic heterocycles. The Morgan fingerprint density at radius 2 is 1.69 bits per heavy atom. The maximum atomic E-state index is 12.8. The highest BCUT2D eigenvalue weighted by atomic mass is 35.5. The summed E-state index contributed by atoms with van der Waals surface area (Å²) in [6, 6.07) is 14.1. The molecule has 3 N–H and O–H groups in total.